The van der Waals surface area contributed by atoms with Crippen LogP contribution < -0.4 is 0 Å². The number of fused-ring (bicyclic) bond motifs is 1. The quantitative estimate of drug-likeness (QED) is 0.360. The van der Waals surface area contributed by atoms with Gasteiger partial charge in [-0.15, -0.1) is 16.9 Å². The predicted octanol–water partition coefficient (Wildman–Crippen LogP) is 4.71. The number of aliphatic imine (C=N–C) groups is 1. The van der Waals surface area contributed by atoms with E-state index in [1.54, 1.807) is 10.8 Å². The van der Waals surface area contributed by atoms with Crippen LogP contribution in [0.15, 0.2) is 66.2 Å². The SMILES string of the molecule is C=CC(OCC)(C(=Nc1ccc(C)cc1)SC)n1nnc2ccccc21. The summed E-state index contributed by atoms with van der Waals surface area (Å²) in [5.74, 6) is 0. The summed E-state index contributed by atoms with van der Waals surface area (Å²) in [7, 11) is 0. The molecule has 0 amide bonds. The van der Waals surface area contributed by atoms with Crippen molar-refractivity contribution in [1.82, 2.24) is 15.0 Å². The maximum atomic E-state index is 6.17. The van der Waals surface area contributed by atoms with Crippen molar-refractivity contribution in [1.29, 1.82) is 0 Å². The van der Waals surface area contributed by atoms with E-state index in [0.717, 1.165) is 21.8 Å². The summed E-state index contributed by atoms with van der Waals surface area (Å²) < 4.78 is 7.92. The third-order valence-electron chi connectivity index (χ3n) is 4.07. The first-order valence-corrected chi connectivity index (χ1v) is 9.65. The van der Waals surface area contributed by atoms with Crippen molar-refractivity contribution in [2.45, 2.75) is 19.6 Å². The Hall–Kier alpha value is -2.44. The fourth-order valence-electron chi connectivity index (χ4n) is 2.79. The molecule has 6 heteroatoms. The predicted molar refractivity (Wildman–Crippen MR) is 109 cm³/mol. The summed E-state index contributed by atoms with van der Waals surface area (Å²) in [6.07, 6.45) is 3.71. The normalized spacial score (nSPS) is 14.3. The van der Waals surface area contributed by atoms with Crippen molar-refractivity contribution in [3.8, 4) is 0 Å². The lowest BCUT2D eigenvalue weighted by atomic mass is 10.2. The molecule has 134 valence electrons. The highest BCUT2D eigenvalue weighted by atomic mass is 32.2. The van der Waals surface area contributed by atoms with E-state index >= 15 is 0 Å². The fraction of sp³-hybridized carbons (Fsp3) is 0.250. The molecule has 1 unspecified atom stereocenters. The zero-order valence-corrected chi connectivity index (χ0v) is 16.0. The van der Waals surface area contributed by atoms with Crippen LogP contribution >= 0.6 is 11.8 Å². The molecule has 0 aliphatic carbocycles. The van der Waals surface area contributed by atoms with Crippen LogP contribution in [-0.4, -0.2) is 32.9 Å². The topological polar surface area (TPSA) is 52.3 Å². The number of para-hydroxylation sites is 1. The highest BCUT2D eigenvalue weighted by Crippen LogP contribution is 2.32. The van der Waals surface area contributed by atoms with Crippen LogP contribution in [0.25, 0.3) is 11.0 Å². The minimum atomic E-state index is -1.02. The molecule has 0 fully saturated rings. The van der Waals surface area contributed by atoms with Crippen LogP contribution in [0, 0.1) is 6.92 Å². The smallest absolute Gasteiger partial charge is 0.231 e. The number of benzene rings is 2. The Bertz CT molecular complexity index is 932. The molecule has 0 aliphatic rings. The second-order valence-corrected chi connectivity index (χ2v) is 6.58. The van der Waals surface area contributed by atoms with Gasteiger partial charge < -0.3 is 4.74 Å². The Balaban J connectivity index is 2.20. The summed E-state index contributed by atoms with van der Waals surface area (Å²) in [5, 5.41) is 9.37. The van der Waals surface area contributed by atoms with Crippen LogP contribution in [0.1, 0.15) is 12.5 Å². The van der Waals surface area contributed by atoms with Crippen molar-refractivity contribution in [3.05, 3.63) is 66.7 Å². The van der Waals surface area contributed by atoms with E-state index in [1.165, 1.54) is 17.3 Å². The van der Waals surface area contributed by atoms with Crippen molar-refractivity contribution in [3.63, 3.8) is 0 Å². The monoisotopic (exact) mass is 366 g/mol. The Kier molecular flexibility index (Phi) is 5.54. The van der Waals surface area contributed by atoms with Crippen molar-refractivity contribution >= 4 is 33.5 Å². The van der Waals surface area contributed by atoms with Crippen LogP contribution in [-0.2, 0) is 10.5 Å². The standard InChI is InChI=1S/C20H22N4OS/c1-5-20(25-6-2,24-18-10-8-7-9-17(18)22-23-24)19(26-4)21-16-13-11-15(3)12-14-16/h5,7-14H,1,6H2,2-4H3. The van der Waals surface area contributed by atoms with Crippen molar-refractivity contribution in [2.24, 2.45) is 4.99 Å². The van der Waals surface area contributed by atoms with Crippen LogP contribution in [0.5, 0.6) is 0 Å². The van der Waals surface area contributed by atoms with Crippen LogP contribution in [0.2, 0.25) is 0 Å². The van der Waals surface area contributed by atoms with Crippen molar-refractivity contribution < 1.29 is 4.74 Å². The summed E-state index contributed by atoms with van der Waals surface area (Å²) in [6.45, 7) is 8.51. The van der Waals surface area contributed by atoms with E-state index in [1.807, 2.05) is 61.7 Å². The molecule has 2 aromatic carbocycles. The van der Waals surface area contributed by atoms with Gasteiger partial charge in [-0.1, -0.05) is 41.6 Å². The van der Waals surface area contributed by atoms with E-state index in [2.05, 4.69) is 23.8 Å². The number of aryl methyl sites for hydroxylation is 1. The average Bonchev–Trinajstić information content (AvgIpc) is 3.10. The highest BCUT2D eigenvalue weighted by molar-refractivity contribution is 8.13. The Morgan fingerprint density at radius 3 is 2.65 bits per heavy atom. The molecule has 0 radical (unpaired) electrons. The van der Waals surface area contributed by atoms with Gasteiger partial charge in [0.15, 0.2) is 0 Å². The molecule has 1 heterocycles. The van der Waals surface area contributed by atoms with E-state index in [9.17, 15) is 0 Å². The molecule has 0 N–H and O–H groups in total. The van der Waals surface area contributed by atoms with Gasteiger partial charge in [0.05, 0.1) is 11.2 Å². The van der Waals surface area contributed by atoms with Gasteiger partial charge in [0.25, 0.3) is 0 Å². The number of thioether (sulfide) groups is 1. The zero-order valence-electron chi connectivity index (χ0n) is 15.2. The number of nitrogens with zero attached hydrogens (tertiary/aromatic N) is 4. The van der Waals surface area contributed by atoms with Crippen LogP contribution in [0.3, 0.4) is 0 Å². The van der Waals surface area contributed by atoms with Crippen molar-refractivity contribution in [2.75, 3.05) is 12.9 Å². The Morgan fingerprint density at radius 1 is 1.27 bits per heavy atom. The maximum Gasteiger partial charge on any atom is 0.231 e. The summed E-state index contributed by atoms with van der Waals surface area (Å²) in [5.41, 5.74) is 2.70. The van der Waals surface area contributed by atoms with E-state index < -0.39 is 5.72 Å². The summed E-state index contributed by atoms with van der Waals surface area (Å²) in [6, 6.07) is 15.8. The third kappa shape index (κ3) is 3.30. The van der Waals surface area contributed by atoms with Gasteiger partial charge in [0, 0.05) is 6.61 Å². The molecule has 0 saturated carbocycles. The number of ether oxygens (including phenoxy) is 1. The first-order valence-electron chi connectivity index (χ1n) is 8.43. The molecule has 0 spiro atoms. The number of aromatic nitrogens is 3. The molecule has 1 atom stereocenters. The van der Waals surface area contributed by atoms with E-state index in [4.69, 9.17) is 9.73 Å². The number of hydrogen-bond donors (Lipinski definition) is 0. The van der Waals surface area contributed by atoms with Gasteiger partial charge in [-0.25, -0.2) is 9.67 Å². The van der Waals surface area contributed by atoms with E-state index in [0.29, 0.717) is 6.61 Å². The molecule has 1 aromatic heterocycles. The Labute approximate surface area is 157 Å². The maximum absolute atomic E-state index is 6.17. The van der Waals surface area contributed by atoms with Gasteiger partial charge in [-0.3, -0.25) is 0 Å². The first-order chi connectivity index (χ1) is 12.6. The molecule has 3 aromatic rings. The lowest BCUT2D eigenvalue weighted by Crippen LogP contribution is -2.42. The first kappa shape index (κ1) is 18.4. The lowest BCUT2D eigenvalue weighted by Gasteiger charge is -2.31. The Morgan fingerprint density at radius 2 is 2.00 bits per heavy atom. The van der Waals surface area contributed by atoms with Crippen LogP contribution in [0.4, 0.5) is 5.69 Å². The molecule has 3 rings (SSSR count). The molecule has 0 bridgehead atoms. The summed E-state index contributed by atoms with van der Waals surface area (Å²) in [4.78, 5) is 4.84. The minimum absolute atomic E-state index is 0.480. The lowest BCUT2D eigenvalue weighted by molar-refractivity contribution is -0.00902. The second-order valence-electron chi connectivity index (χ2n) is 5.78. The van der Waals surface area contributed by atoms with Gasteiger partial charge >= 0.3 is 0 Å². The molecule has 5 nitrogen and oxygen atoms in total. The molecular formula is C20H22N4OS. The van der Waals surface area contributed by atoms with Gasteiger partial charge in [0.1, 0.15) is 10.6 Å². The van der Waals surface area contributed by atoms with E-state index in [-0.39, 0.29) is 0 Å². The highest BCUT2D eigenvalue weighted by Gasteiger charge is 2.38. The van der Waals surface area contributed by atoms with Gasteiger partial charge in [0.2, 0.25) is 5.72 Å². The molecular weight excluding hydrogens is 344 g/mol. The number of rotatable bonds is 6. The van der Waals surface area contributed by atoms with Gasteiger partial charge in [-0.05, 0) is 50.4 Å². The van der Waals surface area contributed by atoms with Gasteiger partial charge in [-0.2, -0.15) is 0 Å². The molecule has 0 saturated heterocycles. The fourth-order valence-corrected chi connectivity index (χ4v) is 3.51. The number of hydrogen-bond acceptors (Lipinski definition) is 5. The zero-order chi connectivity index (χ0) is 18.6. The molecule has 26 heavy (non-hydrogen) atoms. The third-order valence-corrected chi connectivity index (χ3v) is 4.84. The minimum Gasteiger partial charge on any atom is -0.345 e. The average molecular weight is 366 g/mol. The second kappa shape index (κ2) is 7.85. The summed E-state index contributed by atoms with van der Waals surface area (Å²) >= 11 is 1.51. The molecule has 0 aliphatic heterocycles. The largest absolute Gasteiger partial charge is 0.345 e.